The maximum absolute atomic E-state index is 13.1. The largest absolute Gasteiger partial charge is 0.468 e. The molecule has 11 nitrogen and oxygen atoms in total. The van der Waals surface area contributed by atoms with E-state index >= 15 is 0 Å². The quantitative estimate of drug-likeness (QED) is 0.402. The molecule has 4 rings (SSSR count). The Labute approximate surface area is 224 Å². The summed E-state index contributed by atoms with van der Waals surface area (Å²) in [5.41, 5.74) is 0.654. The summed E-state index contributed by atoms with van der Waals surface area (Å²) in [7, 11) is -6.02. The summed E-state index contributed by atoms with van der Waals surface area (Å²) in [6.07, 6.45) is 0.614. The summed E-state index contributed by atoms with van der Waals surface area (Å²) in [5.74, 6) is -1.23. The number of hydrogen-bond donors (Lipinski definition) is 0. The maximum atomic E-state index is 13.1. The summed E-state index contributed by atoms with van der Waals surface area (Å²) in [4.78, 5) is 29.5. The predicted octanol–water partition coefficient (Wildman–Crippen LogP) is 1.82. The summed E-state index contributed by atoms with van der Waals surface area (Å²) in [6, 6.07) is 9.89. The molecule has 0 spiro atoms. The number of thiazole rings is 1. The van der Waals surface area contributed by atoms with Crippen molar-refractivity contribution in [1.29, 1.82) is 0 Å². The lowest BCUT2D eigenvalue weighted by Crippen LogP contribution is -2.48. The van der Waals surface area contributed by atoms with E-state index in [1.54, 1.807) is 6.07 Å². The molecule has 0 aliphatic carbocycles. The molecule has 14 heteroatoms. The minimum absolute atomic E-state index is 0.0475. The van der Waals surface area contributed by atoms with E-state index < -0.39 is 31.7 Å². The first-order valence-corrected chi connectivity index (χ1v) is 15.7. The number of carbonyl (C=O) groups excluding carboxylic acids is 2. The molecule has 1 aromatic heterocycles. The van der Waals surface area contributed by atoms with Crippen LogP contribution in [0.5, 0.6) is 0 Å². The number of benzene rings is 2. The number of morpholine rings is 1. The lowest BCUT2D eigenvalue weighted by Gasteiger charge is -2.34. The molecule has 0 saturated carbocycles. The number of esters is 1. The molecule has 0 radical (unpaired) electrons. The van der Waals surface area contributed by atoms with Gasteiger partial charge in [0.2, 0.25) is 10.0 Å². The third kappa shape index (κ3) is 5.89. The SMILES string of the molecule is COC(=O)Cn1c(=NC(=O)c2ccc(S(=O)(=O)N3CC(C)OC(C)C3)cc2)sc2cc(S(C)(=O)=O)ccc21. The van der Waals surface area contributed by atoms with Crippen LogP contribution >= 0.6 is 11.3 Å². The van der Waals surface area contributed by atoms with Crippen LogP contribution in [0.2, 0.25) is 0 Å². The van der Waals surface area contributed by atoms with Gasteiger partial charge in [-0.3, -0.25) is 9.59 Å². The van der Waals surface area contributed by atoms with Gasteiger partial charge in [-0.15, -0.1) is 0 Å². The topological polar surface area (TPSA) is 141 Å². The average Bonchev–Trinajstić information content (AvgIpc) is 3.18. The zero-order valence-corrected chi connectivity index (χ0v) is 23.6. The summed E-state index contributed by atoms with van der Waals surface area (Å²) in [6.45, 7) is 3.84. The predicted molar refractivity (Wildman–Crippen MR) is 140 cm³/mol. The third-order valence-electron chi connectivity index (χ3n) is 5.92. The Morgan fingerprint density at radius 3 is 2.21 bits per heavy atom. The molecule has 1 saturated heterocycles. The molecule has 1 fully saturated rings. The first-order valence-electron chi connectivity index (χ1n) is 11.5. The smallest absolute Gasteiger partial charge is 0.325 e. The standard InChI is InChI=1S/C24H27N3O8S3/c1-15-12-26(13-16(2)35-15)38(32,33)18-7-5-17(6-8-18)23(29)25-24-27(14-22(28)34-3)20-10-9-19(37(4,30)31)11-21(20)36-24/h5-11,15-16H,12-14H2,1-4H3. The van der Waals surface area contributed by atoms with Crippen LogP contribution in [0.1, 0.15) is 24.2 Å². The van der Waals surface area contributed by atoms with Crippen LogP contribution in [0.15, 0.2) is 57.2 Å². The summed E-state index contributed by atoms with van der Waals surface area (Å²) in [5, 5.41) is 0. The van der Waals surface area contributed by atoms with Crippen molar-refractivity contribution in [2.24, 2.45) is 4.99 Å². The minimum Gasteiger partial charge on any atom is -0.468 e. The first kappa shape index (κ1) is 28.1. The van der Waals surface area contributed by atoms with Crippen molar-refractivity contribution < 1.29 is 35.9 Å². The lowest BCUT2D eigenvalue weighted by molar-refractivity contribution is -0.141. The van der Waals surface area contributed by atoms with E-state index in [0.29, 0.717) is 10.2 Å². The van der Waals surface area contributed by atoms with Crippen molar-refractivity contribution in [3.8, 4) is 0 Å². The van der Waals surface area contributed by atoms with Crippen LogP contribution in [0.3, 0.4) is 0 Å². The zero-order chi connectivity index (χ0) is 27.8. The molecule has 2 aromatic carbocycles. The van der Waals surface area contributed by atoms with Gasteiger partial charge in [-0.2, -0.15) is 9.30 Å². The van der Waals surface area contributed by atoms with Crippen molar-refractivity contribution in [1.82, 2.24) is 8.87 Å². The molecule has 1 aliphatic heterocycles. The average molecular weight is 582 g/mol. The Hall–Kier alpha value is -2.91. The molecular weight excluding hydrogens is 554 g/mol. The van der Waals surface area contributed by atoms with Crippen LogP contribution in [-0.2, 0) is 40.7 Å². The van der Waals surface area contributed by atoms with Gasteiger partial charge in [0.1, 0.15) is 6.54 Å². The number of hydrogen-bond acceptors (Lipinski definition) is 9. The second-order valence-electron chi connectivity index (χ2n) is 8.97. The van der Waals surface area contributed by atoms with Gasteiger partial charge in [-0.1, -0.05) is 11.3 Å². The first-order chi connectivity index (χ1) is 17.8. The minimum atomic E-state index is -3.78. The highest BCUT2D eigenvalue weighted by atomic mass is 32.2. The summed E-state index contributed by atoms with van der Waals surface area (Å²) < 4.78 is 63.9. The maximum Gasteiger partial charge on any atom is 0.325 e. The monoisotopic (exact) mass is 581 g/mol. The number of sulfone groups is 1. The number of amides is 1. The molecule has 3 aromatic rings. The number of sulfonamides is 1. The molecule has 0 bridgehead atoms. The van der Waals surface area contributed by atoms with Gasteiger partial charge in [0.05, 0.1) is 39.3 Å². The van der Waals surface area contributed by atoms with Crippen molar-refractivity contribution in [2.45, 2.75) is 42.4 Å². The van der Waals surface area contributed by atoms with Crippen LogP contribution in [0.25, 0.3) is 10.2 Å². The number of rotatable bonds is 6. The summed E-state index contributed by atoms with van der Waals surface area (Å²) >= 11 is 1.05. The van der Waals surface area contributed by atoms with Crippen LogP contribution in [0.4, 0.5) is 0 Å². The Morgan fingerprint density at radius 1 is 1.03 bits per heavy atom. The number of carbonyl (C=O) groups is 2. The van der Waals surface area contributed by atoms with Crippen LogP contribution < -0.4 is 4.80 Å². The van der Waals surface area contributed by atoms with Crippen LogP contribution in [-0.4, -0.2) is 76.2 Å². The molecule has 2 heterocycles. The van der Waals surface area contributed by atoms with Crippen molar-refractivity contribution in [3.05, 3.63) is 52.8 Å². The Balaban J connectivity index is 1.69. The van der Waals surface area contributed by atoms with E-state index in [4.69, 9.17) is 9.47 Å². The highest BCUT2D eigenvalue weighted by Crippen LogP contribution is 2.23. The van der Waals surface area contributed by atoms with Gasteiger partial charge in [0, 0.05) is 24.9 Å². The van der Waals surface area contributed by atoms with Gasteiger partial charge >= 0.3 is 5.97 Å². The van der Waals surface area contributed by atoms with Gasteiger partial charge < -0.3 is 14.0 Å². The van der Waals surface area contributed by atoms with Gasteiger partial charge in [-0.05, 0) is 56.3 Å². The van der Waals surface area contributed by atoms with E-state index in [9.17, 15) is 26.4 Å². The number of ether oxygens (including phenoxy) is 2. The van der Waals surface area contributed by atoms with Crippen molar-refractivity contribution in [2.75, 3.05) is 26.5 Å². The highest BCUT2D eigenvalue weighted by molar-refractivity contribution is 7.90. The van der Waals surface area contributed by atoms with Crippen molar-refractivity contribution >= 4 is 53.3 Å². The highest BCUT2D eigenvalue weighted by Gasteiger charge is 2.32. The van der Waals surface area contributed by atoms with E-state index in [-0.39, 0.29) is 52.0 Å². The molecular formula is C24H27N3O8S3. The Morgan fingerprint density at radius 2 is 1.63 bits per heavy atom. The second kappa shape index (κ2) is 10.7. The number of nitrogens with zero attached hydrogens (tertiary/aromatic N) is 3. The van der Waals surface area contributed by atoms with E-state index in [0.717, 1.165) is 17.6 Å². The molecule has 1 amide bonds. The zero-order valence-electron chi connectivity index (χ0n) is 21.1. The second-order valence-corrected chi connectivity index (χ2v) is 13.9. The van der Waals surface area contributed by atoms with Gasteiger partial charge in [0.25, 0.3) is 5.91 Å². The van der Waals surface area contributed by atoms with Crippen LogP contribution in [0, 0.1) is 0 Å². The molecule has 1 aliphatic rings. The van der Waals surface area contributed by atoms with Gasteiger partial charge in [0.15, 0.2) is 14.6 Å². The van der Waals surface area contributed by atoms with E-state index in [2.05, 4.69) is 4.99 Å². The Kier molecular flexibility index (Phi) is 7.91. The van der Waals surface area contributed by atoms with E-state index in [1.807, 2.05) is 13.8 Å². The van der Waals surface area contributed by atoms with Crippen molar-refractivity contribution in [3.63, 3.8) is 0 Å². The third-order valence-corrected chi connectivity index (χ3v) is 9.92. The number of methoxy groups -OCH3 is 1. The van der Waals surface area contributed by atoms with Gasteiger partial charge in [-0.25, -0.2) is 16.8 Å². The molecule has 38 heavy (non-hydrogen) atoms. The number of aromatic nitrogens is 1. The molecule has 2 atom stereocenters. The number of fused-ring (bicyclic) bond motifs is 1. The lowest BCUT2D eigenvalue weighted by atomic mass is 10.2. The molecule has 204 valence electrons. The fraction of sp³-hybridized carbons (Fsp3) is 0.375. The normalized spacial score (nSPS) is 19.5. The Bertz CT molecular complexity index is 1660. The van der Waals surface area contributed by atoms with E-state index in [1.165, 1.54) is 52.4 Å². The fourth-order valence-electron chi connectivity index (χ4n) is 4.11. The molecule has 2 unspecified atom stereocenters. The fourth-order valence-corrected chi connectivity index (χ4v) is 7.49. The molecule has 0 N–H and O–H groups in total.